The molecule has 0 amide bonds. The quantitative estimate of drug-likeness (QED) is 0.814. The minimum atomic E-state index is 0.819. The van der Waals surface area contributed by atoms with Crippen LogP contribution in [0.5, 0.6) is 0 Å². The van der Waals surface area contributed by atoms with Crippen LogP contribution in [0.25, 0.3) is 0 Å². The Kier molecular flexibility index (Phi) is 6.03. The van der Waals surface area contributed by atoms with E-state index >= 15 is 0 Å². The summed E-state index contributed by atoms with van der Waals surface area (Å²) in [4.78, 5) is 2.26. The van der Waals surface area contributed by atoms with Crippen molar-refractivity contribution in [1.82, 2.24) is 10.2 Å². The van der Waals surface area contributed by atoms with E-state index in [9.17, 15) is 0 Å². The zero-order chi connectivity index (χ0) is 15.2. The van der Waals surface area contributed by atoms with Gasteiger partial charge in [0.25, 0.3) is 0 Å². The normalized spacial score (nSPS) is 11.3. The Morgan fingerprint density at radius 2 is 2.05 bits per heavy atom. The van der Waals surface area contributed by atoms with E-state index in [0.717, 1.165) is 42.2 Å². The number of nitrogens with one attached hydrogen (secondary N) is 1. The van der Waals surface area contributed by atoms with E-state index in [1.165, 1.54) is 11.1 Å². The second-order valence-electron chi connectivity index (χ2n) is 5.38. The predicted molar refractivity (Wildman–Crippen MR) is 90.1 cm³/mol. The van der Waals surface area contributed by atoms with Crippen LogP contribution in [0.1, 0.15) is 29.6 Å². The molecule has 0 atom stereocenters. The SMILES string of the molecule is CCNCc1cc(CN(C)Cc2cccc(Br)c2)oc1C. The van der Waals surface area contributed by atoms with Crippen LogP contribution in [0, 0.1) is 6.92 Å². The zero-order valence-corrected chi connectivity index (χ0v) is 14.5. The topological polar surface area (TPSA) is 28.4 Å². The molecule has 0 bridgehead atoms. The summed E-state index contributed by atoms with van der Waals surface area (Å²) < 4.78 is 6.97. The summed E-state index contributed by atoms with van der Waals surface area (Å²) in [6, 6.07) is 10.6. The number of nitrogens with zero attached hydrogens (tertiary/aromatic N) is 1. The van der Waals surface area contributed by atoms with Crippen LogP contribution in [0.3, 0.4) is 0 Å². The standard InChI is InChI=1S/C17H23BrN2O/c1-4-19-10-15-9-17(21-13(15)2)12-20(3)11-14-6-5-7-16(18)8-14/h5-9,19H,4,10-12H2,1-3H3. The highest BCUT2D eigenvalue weighted by molar-refractivity contribution is 9.10. The van der Waals surface area contributed by atoms with Gasteiger partial charge in [0, 0.05) is 23.1 Å². The lowest BCUT2D eigenvalue weighted by molar-refractivity contribution is 0.285. The fraction of sp³-hybridized carbons (Fsp3) is 0.412. The molecule has 0 spiro atoms. The van der Waals surface area contributed by atoms with Gasteiger partial charge in [-0.2, -0.15) is 0 Å². The Labute approximate surface area is 135 Å². The molecular weight excluding hydrogens is 328 g/mol. The maximum absolute atomic E-state index is 5.85. The summed E-state index contributed by atoms with van der Waals surface area (Å²) in [5, 5.41) is 3.34. The Morgan fingerprint density at radius 3 is 2.76 bits per heavy atom. The summed E-state index contributed by atoms with van der Waals surface area (Å²) in [5.74, 6) is 2.04. The Bertz CT molecular complexity index is 580. The molecule has 1 N–H and O–H groups in total. The van der Waals surface area contributed by atoms with Crippen molar-refractivity contribution < 1.29 is 4.42 Å². The molecule has 1 aromatic carbocycles. The van der Waals surface area contributed by atoms with E-state index in [1.807, 2.05) is 13.0 Å². The highest BCUT2D eigenvalue weighted by atomic mass is 79.9. The van der Waals surface area contributed by atoms with Crippen molar-refractivity contribution in [2.75, 3.05) is 13.6 Å². The molecule has 0 aliphatic heterocycles. The third-order valence-corrected chi connectivity index (χ3v) is 3.90. The van der Waals surface area contributed by atoms with Crippen LogP contribution >= 0.6 is 15.9 Å². The molecule has 21 heavy (non-hydrogen) atoms. The third kappa shape index (κ3) is 4.99. The van der Waals surface area contributed by atoms with Gasteiger partial charge >= 0.3 is 0 Å². The largest absolute Gasteiger partial charge is 0.465 e. The smallest absolute Gasteiger partial charge is 0.118 e. The molecule has 114 valence electrons. The average Bonchev–Trinajstić information content (AvgIpc) is 2.76. The number of hydrogen-bond donors (Lipinski definition) is 1. The van der Waals surface area contributed by atoms with Crippen LogP contribution in [0.2, 0.25) is 0 Å². The highest BCUT2D eigenvalue weighted by Crippen LogP contribution is 2.18. The summed E-state index contributed by atoms with van der Waals surface area (Å²) in [6.45, 7) is 7.72. The van der Waals surface area contributed by atoms with Gasteiger partial charge in [-0.25, -0.2) is 0 Å². The first-order valence-electron chi connectivity index (χ1n) is 7.30. The minimum Gasteiger partial charge on any atom is -0.465 e. The van der Waals surface area contributed by atoms with Gasteiger partial charge < -0.3 is 9.73 Å². The molecule has 0 aliphatic rings. The van der Waals surface area contributed by atoms with Gasteiger partial charge in [0.05, 0.1) is 6.54 Å². The number of rotatable bonds is 7. The summed E-state index contributed by atoms with van der Waals surface area (Å²) in [6.07, 6.45) is 0. The Hall–Kier alpha value is -1.10. The van der Waals surface area contributed by atoms with Crippen molar-refractivity contribution in [2.45, 2.75) is 33.5 Å². The first-order chi connectivity index (χ1) is 10.1. The fourth-order valence-corrected chi connectivity index (χ4v) is 2.82. The molecule has 3 nitrogen and oxygen atoms in total. The molecule has 0 unspecified atom stereocenters. The summed E-state index contributed by atoms with van der Waals surface area (Å²) in [7, 11) is 2.11. The van der Waals surface area contributed by atoms with E-state index in [2.05, 4.69) is 64.4 Å². The fourth-order valence-electron chi connectivity index (χ4n) is 2.37. The van der Waals surface area contributed by atoms with Gasteiger partial charge in [0.1, 0.15) is 11.5 Å². The van der Waals surface area contributed by atoms with E-state index in [4.69, 9.17) is 4.42 Å². The molecule has 1 aromatic heterocycles. The molecule has 0 fully saturated rings. The molecule has 1 heterocycles. The number of aryl methyl sites for hydroxylation is 1. The molecular formula is C17H23BrN2O. The zero-order valence-electron chi connectivity index (χ0n) is 12.9. The Balaban J connectivity index is 1.94. The van der Waals surface area contributed by atoms with Crippen LogP contribution in [0.15, 0.2) is 39.2 Å². The van der Waals surface area contributed by atoms with Crippen molar-refractivity contribution in [3.8, 4) is 0 Å². The van der Waals surface area contributed by atoms with Crippen molar-refractivity contribution in [2.24, 2.45) is 0 Å². The van der Waals surface area contributed by atoms with Gasteiger partial charge in [-0.1, -0.05) is 35.0 Å². The van der Waals surface area contributed by atoms with E-state index in [1.54, 1.807) is 0 Å². The molecule has 0 saturated carbocycles. The lowest BCUT2D eigenvalue weighted by Crippen LogP contribution is -2.16. The maximum atomic E-state index is 5.85. The minimum absolute atomic E-state index is 0.819. The maximum Gasteiger partial charge on any atom is 0.118 e. The van der Waals surface area contributed by atoms with Crippen molar-refractivity contribution in [1.29, 1.82) is 0 Å². The van der Waals surface area contributed by atoms with Crippen LogP contribution in [0.4, 0.5) is 0 Å². The lowest BCUT2D eigenvalue weighted by Gasteiger charge is -2.15. The molecule has 0 radical (unpaired) electrons. The second-order valence-corrected chi connectivity index (χ2v) is 6.29. The van der Waals surface area contributed by atoms with Gasteiger partial charge in [0.2, 0.25) is 0 Å². The molecule has 0 saturated heterocycles. The van der Waals surface area contributed by atoms with Gasteiger partial charge in [-0.15, -0.1) is 0 Å². The van der Waals surface area contributed by atoms with E-state index in [0.29, 0.717) is 0 Å². The lowest BCUT2D eigenvalue weighted by atomic mass is 10.2. The number of benzene rings is 1. The molecule has 2 aromatic rings. The van der Waals surface area contributed by atoms with Gasteiger partial charge in [-0.3, -0.25) is 4.90 Å². The highest BCUT2D eigenvalue weighted by Gasteiger charge is 2.09. The number of halogens is 1. The predicted octanol–water partition coefficient (Wildman–Crippen LogP) is 4.09. The van der Waals surface area contributed by atoms with Crippen LogP contribution in [-0.4, -0.2) is 18.5 Å². The van der Waals surface area contributed by atoms with Crippen molar-refractivity contribution in [3.05, 3.63) is 57.5 Å². The third-order valence-electron chi connectivity index (χ3n) is 3.40. The average molecular weight is 351 g/mol. The van der Waals surface area contributed by atoms with Crippen molar-refractivity contribution >= 4 is 15.9 Å². The van der Waals surface area contributed by atoms with E-state index in [-0.39, 0.29) is 0 Å². The number of furan rings is 1. The summed E-state index contributed by atoms with van der Waals surface area (Å²) >= 11 is 3.51. The molecule has 0 aliphatic carbocycles. The van der Waals surface area contributed by atoms with E-state index < -0.39 is 0 Å². The number of hydrogen-bond acceptors (Lipinski definition) is 3. The Morgan fingerprint density at radius 1 is 1.24 bits per heavy atom. The molecule has 4 heteroatoms. The van der Waals surface area contributed by atoms with Gasteiger partial charge in [0.15, 0.2) is 0 Å². The van der Waals surface area contributed by atoms with Crippen molar-refractivity contribution in [3.63, 3.8) is 0 Å². The first kappa shape index (κ1) is 16.3. The second kappa shape index (κ2) is 7.78. The monoisotopic (exact) mass is 350 g/mol. The van der Waals surface area contributed by atoms with Crippen LogP contribution in [-0.2, 0) is 19.6 Å². The summed E-state index contributed by atoms with van der Waals surface area (Å²) in [5.41, 5.74) is 2.55. The van der Waals surface area contributed by atoms with Gasteiger partial charge in [-0.05, 0) is 44.3 Å². The van der Waals surface area contributed by atoms with Crippen LogP contribution < -0.4 is 5.32 Å². The first-order valence-corrected chi connectivity index (χ1v) is 8.09. The molecule has 2 rings (SSSR count).